The molecule has 104 heavy (non-hydrogen) atoms. The number of fused-ring (bicyclic) bond motifs is 2. The summed E-state index contributed by atoms with van der Waals surface area (Å²) >= 11 is 0. The highest BCUT2D eigenvalue weighted by Crippen LogP contribution is 2.57. The summed E-state index contributed by atoms with van der Waals surface area (Å²) in [7, 11) is 0. The van der Waals surface area contributed by atoms with Crippen LogP contribution in [0.1, 0.15) is 174 Å². The minimum atomic E-state index is -4.91. The molecule has 0 unspecified atom stereocenters. The van der Waals surface area contributed by atoms with E-state index in [0.717, 1.165) is 149 Å². The molecule has 2 nitrogen and oxygen atoms in total. The Morgan fingerprint density at radius 1 is 0.269 bits per heavy atom. The van der Waals surface area contributed by atoms with Crippen LogP contribution in [0.3, 0.4) is 0 Å². The van der Waals surface area contributed by atoms with Crippen LogP contribution < -0.4 is 0 Å². The lowest BCUT2D eigenvalue weighted by Gasteiger charge is -2.35. The van der Waals surface area contributed by atoms with Gasteiger partial charge in [-0.3, -0.25) is 0 Å². The zero-order valence-electron chi connectivity index (χ0n) is 59.8. The molecular formula is C99H83BF2N2. The number of aromatic nitrogens is 1. The molecule has 0 N–H and O–H groups in total. The molecule has 0 bridgehead atoms. The Morgan fingerprint density at radius 3 is 0.865 bits per heavy atom. The summed E-state index contributed by atoms with van der Waals surface area (Å²) in [5, 5.41) is 0. The van der Waals surface area contributed by atoms with Crippen molar-refractivity contribution in [1.29, 1.82) is 0 Å². The molecule has 0 amide bonds. The van der Waals surface area contributed by atoms with Crippen molar-refractivity contribution in [1.82, 2.24) is 4.48 Å². The van der Waals surface area contributed by atoms with Crippen molar-refractivity contribution in [3.05, 3.63) is 386 Å². The second-order valence-corrected chi connectivity index (χ2v) is 27.2. The van der Waals surface area contributed by atoms with E-state index in [1.165, 1.54) is 31.2 Å². The van der Waals surface area contributed by atoms with E-state index in [1.54, 1.807) is 0 Å². The van der Waals surface area contributed by atoms with E-state index in [-0.39, 0.29) is 0 Å². The summed E-state index contributed by atoms with van der Waals surface area (Å²) in [4.78, 5) is 0. The fourth-order valence-corrected chi connectivity index (χ4v) is 14.3. The highest BCUT2D eigenvalue weighted by Gasteiger charge is 2.60. The van der Waals surface area contributed by atoms with Gasteiger partial charge in [-0.1, -0.05) is 277 Å². The number of allylic oxidation sites excluding steroid dienone is 2. The predicted molar refractivity (Wildman–Crippen MR) is 431 cm³/mol. The highest BCUT2D eigenvalue weighted by molar-refractivity contribution is 6.61. The van der Waals surface area contributed by atoms with Gasteiger partial charge in [0.05, 0.1) is 16.7 Å². The van der Waals surface area contributed by atoms with Crippen LogP contribution in [0.5, 0.6) is 0 Å². The van der Waals surface area contributed by atoms with E-state index >= 15 is 8.63 Å². The topological polar surface area (TPSA) is 7.94 Å². The van der Waals surface area contributed by atoms with Crippen molar-refractivity contribution in [2.24, 2.45) is 0 Å². The molecule has 2 aliphatic heterocycles. The van der Waals surface area contributed by atoms with Crippen molar-refractivity contribution >= 4 is 29.4 Å². The first-order chi connectivity index (χ1) is 51.2. The van der Waals surface area contributed by atoms with Crippen molar-refractivity contribution in [2.45, 2.75) is 105 Å². The van der Waals surface area contributed by atoms with E-state index in [4.69, 9.17) is 0 Å². The van der Waals surface area contributed by atoms with Crippen molar-refractivity contribution in [3.63, 3.8) is 0 Å². The van der Waals surface area contributed by atoms with Crippen molar-refractivity contribution in [2.75, 3.05) is 0 Å². The van der Waals surface area contributed by atoms with E-state index in [9.17, 15) is 0 Å². The first kappa shape index (κ1) is 69.1. The number of nitrogens with zero attached hydrogens (tertiary/aromatic N) is 2. The normalized spacial score (nSPS) is 12.6. The van der Waals surface area contributed by atoms with Crippen molar-refractivity contribution < 1.29 is 13.1 Å². The number of benzene rings is 11. The molecule has 1 aromatic heterocycles. The zero-order valence-corrected chi connectivity index (χ0v) is 59.8. The smallest absolute Gasteiger partial charge is 0.389 e. The molecule has 14 rings (SSSR count). The van der Waals surface area contributed by atoms with E-state index in [1.807, 2.05) is 127 Å². The van der Waals surface area contributed by atoms with Gasteiger partial charge in [-0.25, -0.2) is 0 Å². The Labute approximate surface area is 614 Å². The minimum Gasteiger partial charge on any atom is -0.389 e. The maximum absolute atomic E-state index is 20.9. The Morgan fingerprint density at radius 2 is 0.529 bits per heavy atom. The summed E-state index contributed by atoms with van der Waals surface area (Å²) in [6, 6.07) is 96.5. The van der Waals surface area contributed by atoms with E-state index < -0.39 is 6.97 Å². The van der Waals surface area contributed by atoms with E-state index in [2.05, 4.69) is 233 Å². The van der Waals surface area contributed by atoms with Crippen LogP contribution in [0.4, 0.5) is 8.63 Å². The van der Waals surface area contributed by atoms with Gasteiger partial charge in [0.15, 0.2) is 11.4 Å². The fraction of sp³-hybridized carbons (Fsp3) is 0.162. The first-order valence-electron chi connectivity index (χ1n) is 37.1. The van der Waals surface area contributed by atoms with Crippen LogP contribution in [-0.4, -0.2) is 21.6 Å². The average Bonchev–Trinajstić information content (AvgIpc) is 1.50. The second kappa shape index (κ2) is 32.3. The van der Waals surface area contributed by atoms with Gasteiger partial charge in [0.1, 0.15) is 0 Å². The third kappa shape index (κ3) is 15.3. The number of rotatable bonds is 19. The molecular weight excluding hydrogens is 1270 g/mol. The molecule has 0 radical (unpaired) electrons. The molecule has 0 aliphatic carbocycles. The van der Waals surface area contributed by atoms with Crippen LogP contribution in [0.25, 0.3) is 50.2 Å². The van der Waals surface area contributed by atoms with Gasteiger partial charge in [0, 0.05) is 72.6 Å². The Bertz CT molecular complexity index is 5400. The Balaban J connectivity index is 1.02. The quantitative estimate of drug-likeness (QED) is 0.0563. The molecule has 0 spiro atoms. The molecule has 12 aromatic rings. The maximum atomic E-state index is 20.9. The van der Waals surface area contributed by atoms with Gasteiger partial charge >= 0.3 is 6.97 Å². The third-order valence-electron chi connectivity index (χ3n) is 19.9. The van der Waals surface area contributed by atoms with Crippen LogP contribution in [0, 0.1) is 47.4 Å². The molecule has 2 aliphatic rings. The van der Waals surface area contributed by atoms with Gasteiger partial charge in [-0.15, -0.1) is 0 Å². The van der Waals surface area contributed by atoms with E-state index in [0.29, 0.717) is 61.8 Å². The lowest BCUT2D eigenvalue weighted by Crippen LogP contribution is -2.52. The van der Waals surface area contributed by atoms with Crippen LogP contribution in [0.2, 0.25) is 0 Å². The molecule has 5 heteroatoms. The molecule has 506 valence electrons. The standard InChI is InChI=1S/C99H83BF2N2/c1-5-9-22-72-32-40-76(41-33-72)48-52-80-56-64-87(65-57-80)91-93(84-26-16-13-17-27-84)98-95(86-30-20-15-21-31-86)99-94(85-28-18-14-19-29-85)92(88-66-58-81(59-67-88)53-49-77-42-34-73(35-43-77)23-10-6-2)97(90-70-62-83(63-71-90)55-51-79-46-38-75(39-47-79)25-12-8-4)104(99)100(101,102)103(98)96(91)89-68-60-82(61-69-89)54-50-78-44-36-74(37-45-78)24-11-7-3/h13-21,26-47,56-71H,5-12,22-25H2,1-4H3. The summed E-state index contributed by atoms with van der Waals surface area (Å²) in [6.07, 6.45) is 13.2. The third-order valence-corrected chi connectivity index (χ3v) is 19.9. The first-order valence-corrected chi connectivity index (χ1v) is 37.1. The lowest BCUT2D eigenvalue weighted by molar-refractivity contribution is -0.358. The summed E-state index contributed by atoms with van der Waals surface area (Å²) in [5.74, 6) is 27.3. The molecule has 0 fully saturated rings. The predicted octanol–water partition coefficient (Wildman–Crippen LogP) is 23.6. The molecule has 11 aromatic carbocycles. The van der Waals surface area contributed by atoms with Crippen LogP contribution >= 0.6 is 0 Å². The Kier molecular flexibility index (Phi) is 21.5. The largest absolute Gasteiger partial charge is 0.738 e. The summed E-state index contributed by atoms with van der Waals surface area (Å²) in [5.41, 5.74) is 22.0. The molecule has 3 heterocycles. The van der Waals surface area contributed by atoms with Gasteiger partial charge < -0.3 is 17.6 Å². The maximum Gasteiger partial charge on any atom is 0.738 e. The zero-order chi connectivity index (χ0) is 71.2. The van der Waals surface area contributed by atoms with Crippen LogP contribution in [-0.2, 0) is 25.7 Å². The number of hydrogen-bond donors (Lipinski definition) is 0. The second-order valence-electron chi connectivity index (χ2n) is 27.2. The molecule has 0 saturated carbocycles. The lowest BCUT2D eigenvalue weighted by atomic mass is 9.81. The van der Waals surface area contributed by atoms with Gasteiger partial charge in [0.25, 0.3) is 0 Å². The number of aryl methyl sites for hydroxylation is 4. The number of unbranched alkanes of at least 4 members (excludes halogenated alkanes) is 4. The summed E-state index contributed by atoms with van der Waals surface area (Å²) < 4.78 is 44.6. The van der Waals surface area contributed by atoms with Gasteiger partial charge in [0.2, 0.25) is 0 Å². The molecule has 0 atom stereocenters. The SMILES string of the molecule is CCCCc1ccc(C#Cc2ccc(C3=C(c4ccccc4)C4=C(c5ccccc5)c5c(-c6ccccc6)c(-c6ccc(C#Cc7ccc(CCCC)cc7)cc6)c(-c6ccc(C#Cc7ccc(CCCC)cc7)cc6)n5[B-](F)(F)[N+]4=C3c3ccc(C#Cc4ccc(CCCC)cc4)cc3)cc2)cc1. The summed E-state index contributed by atoms with van der Waals surface area (Å²) in [6.45, 7) is 3.94. The number of hydrogen-bond acceptors (Lipinski definition) is 0. The van der Waals surface area contributed by atoms with Crippen LogP contribution in [0.15, 0.2) is 291 Å². The fourth-order valence-electron chi connectivity index (χ4n) is 14.3. The average molecular weight is 1350 g/mol. The highest BCUT2D eigenvalue weighted by atomic mass is 19.2. The number of halogens is 2. The van der Waals surface area contributed by atoms with Gasteiger partial charge in [-0.05, 0) is 216 Å². The minimum absolute atomic E-state index is 0.372. The molecule has 0 saturated heterocycles. The van der Waals surface area contributed by atoms with Gasteiger partial charge in [-0.2, -0.15) is 0 Å². The Hall–Kier alpha value is -12.0. The van der Waals surface area contributed by atoms with Crippen molar-refractivity contribution in [3.8, 4) is 80.9 Å². The monoisotopic (exact) mass is 1350 g/mol.